The van der Waals surface area contributed by atoms with Crippen LogP contribution in [0.4, 0.5) is 5.00 Å². The zero-order valence-electron chi connectivity index (χ0n) is 15.9. The smallest absolute Gasteiger partial charge is 0.341 e. The van der Waals surface area contributed by atoms with Crippen molar-refractivity contribution in [1.29, 1.82) is 0 Å². The third-order valence-electron chi connectivity index (χ3n) is 4.88. The molecule has 1 aromatic heterocycles. The lowest BCUT2D eigenvalue weighted by molar-refractivity contribution is 0.0601. The number of thiophene rings is 1. The second kappa shape index (κ2) is 8.45. The van der Waals surface area contributed by atoms with Crippen molar-refractivity contribution in [3.05, 3.63) is 45.8 Å². The van der Waals surface area contributed by atoms with Gasteiger partial charge >= 0.3 is 5.97 Å². The topological polar surface area (TPSA) is 89.5 Å². The summed E-state index contributed by atoms with van der Waals surface area (Å²) in [6, 6.07) is 6.12. The van der Waals surface area contributed by atoms with Gasteiger partial charge in [-0.25, -0.2) is 13.2 Å². The number of hydrogen-bond donors (Lipinski definition) is 1. The molecule has 0 radical (unpaired) electrons. The Hall–Kier alpha value is -2.19. The average molecular weight is 422 g/mol. The molecule has 0 spiro atoms. The maximum atomic E-state index is 12.9. The molecule has 0 unspecified atom stereocenters. The van der Waals surface area contributed by atoms with E-state index in [1.54, 1.807) is 12.1 Å². The number of benzene rings is 1. The second-order valence-corrected chi connectivity index (χ2v) is 9.97. The van der Waals surface area contributed by atoms with Crippen molar-refractivity contribution in [1.82, 2.24) is 0 Å². The molecule has 1 aromatic carbocycles. The molecule has 28 heavy (non-hydrogen) atoms. The molecule has 2 aromatic rings. The zero-order chi connectivity index (χ0) is 20.3. The summed E-state index contributed by atoms with van der Waals surface area (Å²) in [5.41, 5.74) is 1.41. The zero-order valence-corrected chi connectivity index (χ0v) is 17.5. The van der Waals surface area contributed by atoms with E-state index in [1.165, 1.54) is 37.5 Å². The van der Waals surface area contributed by atoms with Gasteiger partial charge in [-0.2, -0.15) is 0 Å². The van der Waals surface area contributed by atoms with Gasteiger partial charge in [0.25, 0.3) is 5.91 Å². The molecule has 3 rings (SSSR count). The Labute approximate surface area is 168 Å². The Morgan fingerprint density at radius 3 is 2.57 bits per heavy atom. The Morgan fingerprint density at radius 1 is 1.14 bits per heavy atom. The van der Waals surface area contributed by atoms with Crippen LogP contribution in [-0.2, 0) is 27.4 Å². The summed E-state index contributed by atoms with van der Waals surface area (Å²) in [6.07, 6.45) is 4.76. The van der Waals surface area contributed by atoms with Crippen LogP contribution in [0.5, 0.6) is 0 Å². The SMILES string of the molecule is CCS(=O)(=O)c1ccccc1C(=O)Nc1sc2c(c1C(=O)OC)CCCCC2. The Balaban J connectivity index is 2.01. The molecular weight excluding hydrogens is 398 g/mol. The van der Waals surface area contributed by atoms with Gasteiger partial charge in [-0.1, -0.05) is 25.5 Å². The van der Waals surface area contributed by atoms with E-state index >= 15 is 0 Å². The van der Waals surface area contributed by atoms with Gasteiger partial charge in [0.15, 0.2) is 9.84 Å². The van der Waals surface area contributed by atoms with Crippen molar-refractivity contribution in [3.8, 4) is 0 Å². The lowest BCUT2D eigenvalue weighted by Gasteiger charge is -2.10. The summed E-state index contributed by atoms with van der Waals surface area (Å²) < 4.78 is 29.6. The molecule has 0 saturated heterocycles. The highest BCUT2D eigenvalue weighted by Crippen LogP contribution is 2.38. The monoisotopic (exact) mass is 421 g/mol. The van der Waals surface area contributed by atoms with Crippen LogP contribution in [-0.4, -0.2) is 33.2 Å². The van der Waals surface area contributed by atoms with E-state index in [9.17, 15) is 18.0 Å². The fraction of sp³-hybridized carbons (Fsp3) is 0.400. The summed E-state index contributed by atoms with van der Waals surface area (Å²) in [5.74, 6) is -1.13. The first-order valence-electron chi connectivity index (χ1n) is 9.25. The predicted molar refractivity (Wildman–Crippen MR) is 109 cm³/mol. The molecule has 0 fully saturated rings. The number of nitrogens with one attached hydrogen (secondary N) is 1. The molecular formula is C20H23NO5S2. The highest BCUT2D eigenvalue weighted by molar-refractivity contribution is 7.91. The number of aryl methyl sites for hydroxylation is 1. The number of sulfone groups is 1. The summed E-state index contributed by atoms with van der Waals surface area (Å²) in [4.78, 5) is 26.4. The molecule has 0 bridgehead atoms. The number of rotatable bonds is 5. The minimum absolute atomic E-state index is 0.00672. The summed E-state index contributed by atoms with van der Waals surface area (Å²) in [5, 5.41) is 3.19. The fourth-order valence-corrected chi connectivity index (χ4v) is 5.77. The summed E-state index contributed by atoms with van der Waals surface area (Å²) >= 11 is 1.38. The van der Waals surface area contributed by atoms with Gasteiger partial charge in [-0.3, -0.25) is 4.79 Å². The summed E-state index contributed by atoms with van der Waals surface area (Å²) in [6.45, 7) is 1.54. The number of esters is 1. The molecule has 1 aliphatic rings. The van der Waals surface area contributed by atoms with Crippen LogP contribution in [0, 0.1) is 0 Å². The minimum atomic E-state index is -3.55. The normalized spacial score (nSPS) is 14.1. The molecule has 6 nitrogen and oxygen atoms in total. The number of methoxy groups -OCH3 is 1. The number of amides is 1. The number of anilines is 1. The predicted octanol–water partition coefficient (Wildman–Crippen LogP) is 3.85. The van der Waals surface area contributed by atoms with Crippen molar-refractivity contribution in [2.45, 2.75) is 43.9 Å². The number of fused-ring (bicyclic) bond motifs is 1. The van der Waals surface area contributed by atoms with Gasteiger partial charge in [0, 0.05) is 4.88 Å². The van der Waals surface area contributed by atoms with Crippen molar-refractivity contribution < 1.29 is 22.7 Å². The van der Waals surface area contributed by atoms with Crippen LogP contribution in [0.3, 0.4) is 0 Å². The van der Waals surface area contributed by atoms with Gasteiger partial charge in [-0.05, 0) is 43.4 Å². The van der Waals surface area contributed by atoms with Gasteiger partial charge in [0.2, 0.25) is 0 Å². The van der Waals surface area contributed by atoms with E-state index in [0.29, 0.717) is 10.6 Å². The second-order valence-electron chi connectivity index (χ2n) is 6.61. The first-order valence-corrected chi connectivity index (χ1v) is 11.7. The standard InChI is InChI=1S/C20H23NO5S2/c1-3-28(24,25)16-12-8-7-10-14(16)18(22)21-19-17(20(23)26-2)13-9-5-4-6-11-15(13)27-19/h7-8,10,12H,3-6,9,11H2,1-2H3,(H,21,22). The molecule has 0 saturated carbocycles. The Morgan fingerprint density at radius 2 is 1.86 bits per heavy atom. The van der Waals surface area contributed by atoms with E-state index in [0.717, 1.165) is 42.5 Å². The van der Waals surface area contributed by atoms with Crippen LogP contribution < -0.4 is 5.32 Å². The summed E-state index contributed by atoms with van der Waals surface area (Å²) in [7, 11) is -2.24. The maximum Gasteiger partial charge on any atom is 0.341 e. The molecule has 1 heterocycles. The third-order valence-corrected chi connectivity index (χ3v) is 7.88. The first kappa shape index (κ1) is 20.5. The van der Waals surface area contributed by atoms with Gasteiger partial charge in [0.1, 0.15) is 5.00 Å². The van der Waals surface area contributed by atoms with E-state index in [-0.39, 0.29) is 16.2 Å². The van der Waals surface area contributed by atoms with Crippen LogP contribution in [0.15, 0.2) is 29.2 Å². The number of ether oxygens (including phenoxy) is 1. The van der Waals surface area contributed by atoms with Crippen molar-refractivity contribution in [2.75, 3.05) is 18.2 Å². The molecule has 150 valence electrons. The molecule has 1 aliphatic carbocycles. The average Bonchev–Trinajstić information content (AvgIpc) is 2.87. The molecule has 8 heteroatoms. The quantitative estimate of drug-likeness (QED) is 0.585. The molecule has 1 amide bonds. The highest BCUT2D eigenvalue weighted by Gasteiger charge is 2.28. The van der Waals surface area contributed by atoms with Crippen molar-refractivity contribution >= 4 is 38.1 Å². The van der Waals surface area contributed by atoms with E-state index in [2.05, 4.69) is 5.32 Å². The van der Waals surface area contributed by atoms with Crippen molar-refractivity contribution in [2.24, 2.45) is 0 Å². The Kier molecular flexibility index (Phi) is 6.20. The first-order chi connectivity index (χ1) is 13.4. The molecule has 0 aliphatic heterocycles. The highest BCUT2D eigenvalue weighted by atomic mass is 32.2. The maximum absolute atomic E-state index is 12.9. The molecule has 0 atom stereocenters. The van der Waals surface area contributed by atoms with Gasteiger partial charge < -0.3 is 10.1 Å². The third kappa shape index (κ3) is 3.98. The minimum Gasteiger partial charge on any atom is -0.465 e. The van der Waals surface area contributed by atoms with Crippen LogP contribution in [0.25, 0.3) is 0 Å². The number of hydrogen-bond acceptors (Lipinski definition) is 6. The van der Waals surface area contributed by atoms with Gasteiger partial charge in [-0.15, -0.1) is 11.3 Å². The lowest BCUT2D eigenvalue weighted by Crippen LogP contribution is -2.18. The lowest BCUT2D eigenvalue weighted by atomic mass is 10.1. The number of carbonyl (C=O) groups is 2. The van der Waals surface area contributed by atoms with Crippen molar-refractivity contribution in [3.63, 3.8) is 0 Å². The van der Waals surface area contributed by atoms with Crippen LogP contribution in [0.2, 0.25) is 0 Å². The number of carbonyl (C=O) groups excluding carboxylic acids is 2. The van der Waals surface area contributed by atoms with Crippen LogP contribution in [0.1, 0.15) is 57.3 Å². The Bertz CT molecular complexity index is 1010. The van der Waals surface area contributed by atoms with Gasteiger partial charge in [0.05, 0.1) is 28.9 Å². The van der Waals surface area contributed by atoms with E-state index in [4.69, 9.17) is 4.74 Å². The van der Waals surface area contributed by atoms with E-state index < -0.39 is 21.7 Å². The largest absolute Gasteiger partial charge is 0.465 e. The molecule has 1 N–H and O–H groups in total. The fourth-order valence-electron chi connectivity index (χ4n) is 3.40. The van der Waals surface area contributed by atoms with E-state index in [1.807, 2.05) is 0 Å². The van der Waals surface area contributed by atoms with Crippen LogP contribution >= 0.6 is 11.3 Å².